The van der Waals surface area contributed by atoms with E-state index in [9.17, 15) is 14.4 Å². The molecule has 3 aromatic heterocycles. The monoisotopic (exact) mass is 751 g/mol. The van der Waals surface area contributed by atoms with E-state index >= 15 is 0 Å². The number of benzene rings is 1. The summed E-state index contributed by atoms with van der Waals surface area (Å²) in [5, 5.41) is 5.33. The molecule has 1 amide bonds. The molecule has 2 aliphatic rings. The number of carbonyl (C=O) groups excluding carboxylic acids is 3. The number of amides is 1. The molecule has 0 spiro atoms. The Hall–Kier alpha value is -4.35. The summed E-state index contributed by atoms with van der Waals surface area (Å²) in [6.07, 6.45) is 13.2. The lowest BCUT2D eigenvalue weighted by molar-refractivity contribution is -0.139. The van der Waals surface area contributed by atoms with Gasteiger partial charge in [-0.1, -0.05) is 31.2 Å². The molecule has 51 heavy (non-hydrogen) atoms. The number of ketones is 2. The maximum atomic E-state index is 14.5. The van der Waals surface area contributed by atoms with Crippen LogP contribution in [0.1, 0.15) is 78.6 Å². The van der Waals surface area contributed by atoms with Crippen LogP contribution in [0.4, 0.5) is 0 Å². The third kappa shape index (κ3) is 7.65. The average Bonchev–Trinajstić information content (AvgIpc) is 3.49. The minimum Gasteiger partial charge on any atom is -0.327 e. The fourth-order valence-electron chi connectivity index (χ4n) is 7.76. The SMILES string of the molecule is C=CCCCCCN(C)C[C@@]12C[C@@H](C(=O)Cc3nc(Br)ccc3C)N(C(=O)Cn3nc(C(C)=O)c4cc(-c5cnc(C)nc5)cc(C=C)c43)[C@@H]1C2. The zero-order valence-electron chi connectivity index (χ0n) is 30.0. The number of carbonyl (C=O) groups is 3. The van der Waals surface area contributed by atoms with Crippen molar-refractivity contribution in [2.75, 3.05) is 20.1 Å². The van der Waals surface area contributed by atoms with Crippen LogP contribution >= 0.6 is 15.9 Å². The quantitative estimate of drug-likeness (QED) is 0.0523. The molecule has 6 rings (SSSR count). The number of piperidine rings is 1. The molecule has 1 saturated carbocycles. The van der Waals surface area contributed by atoms with E-state index < -0.39 is 6.04 Å². The summed E-state index contributed by atoms with van der Waals surface area (Å²) < 4.78 is 2.28. The molecule has 11 heteroatoms. The average molecular weight is 753 g/mol. The molecule has 266 valence electrons. The van der Waals surface area contributed by atoms with Crippen LogP contribution in [-0.4, -0.2) is 84.2 Å². The minimum absolute atomic E-state index is 0.0119. The van der Waals surface area contributed by atoms with E-state index in [1.165, 1.54) is 6.92 Å². The summed E-state index contributed by atoms with van der Waals surface area (Å²) >= 11 is 3.45. The van der Waals surface area contributed by atoms with Gasteiger partial charge >= 0.3 is 0 Å². The van der Waals surface area contributed by atoms with Crippen molar-refractivity contribution < 1.29 is 14.4 Å². The van der Waals surface area contributed by atoms with Crippen molar-refractivity contribution in [2.45, 2.75) is 84.3 Å². The molecule has 4 aromatic rings. The summed E-state index contributed by atoms with van der Waals surface area (Å²) in [6, 6.07) is 7.05. The van der Waals surface area contributed by atoms with Crippen molar-refractivity contribution in [1.29, 1.82) is 0 Å². The fraction of sp³-hybridized carbons (Fsp3) is 0.425. The fourth-order valence-corrected chi connectivity index (χ4v) is 8.10. The molecular formula is C40H46BrN7O3. The number of hydrogen-bond donors (Lipinski definition) is 0. The molecular weight excluding hydrogens is 706 g/mol. The first-order valence-electron chi connectivity index (χ1n) is 17.7. The highest BCUT2D eigenvalue weighted by Crippen LogP contribution is 2.60. The van der Waals surface area contributed by atoms with Gasteiger partial charge in [0.15, 0.2) is 11.6 Å². The molecule has 0 N–H and O–H groups in total. The third-order valence-electron chi connectivity index (χ3n) is 10.4. The summed E-state index contributed by atoms with van der Waals surface area (Å²) in [7, 11) is 2.14. The third-order valence-corrected chi connectivity index (χ3v) is 10.9. The van der Waals surface area contributed by atoms with Gasteiger partial charge in [-0.15, -0.1) is 6.58 Å². The Kier molecular flexibility index (Phi) is 10.8. The second-order valence-corrected chi connectivity index (χ2v) is 15.1. The van der Waals surface area contributed by atoms with E-state index in [4.69, 9.17) is 5.10 Å². The van der Waals surface area contributed by atoms with Gasteiger partial charge in [0.25, 0.3) is 0 Å². The van der Waals surface area contributed by atoms with E-state index in [2.05, 4.69) is 56.0 Å². The van der Waals surface area contributed by atoms with E-state index in [1.807, 2.05) is 49.1 Å². The van der Waals surface area contributed by atoms with E-state index in [0.717, 1.165) is 67.4 Å². The van der Waals surface area contributed by atoms with Crippen LogP contribution in [0.3, 0.4) is 0 Å². The standard InChI is InChI=1S/C40H46BrN7O3/c1-7-9-10-11-12-15-46(6)24-40-19-33(34(50)18-32-25(3)13-14-36(41)44-32)48(35(40)20-40)37(51)23-47-39-28(8-2)16-29(30-21-42-27(5)43-22-30)17-31(39)38(45-47)26(4)49/h7-8,13-14,16-17,21-22,33,35H,1-2,9-12,15,18-20,23-24H2,3-6H3/t33-,35+,40-/m0/s1. The highest BCUT2D eigenvalue weighted by Gasteiger charge is 2.67. The number of Topliss-reactive ketones (excluding diaryl/α,β-unsaturated/α-hetero) is 2. The Morgan fingerprint density at radius 3 is 2.53 bits per heavy atom. The molecule has 4 heterocycles. The van der Waals surface area contributed by atoms with Crippen LogP contribution in [0, 0.1) is 19.3 Å². The van der Waals surface area contributed by atoms with Gasteiger partial charge in [0.2, 0.25) is 5.91 Å². The number of fused-ring (bicyclic) bond motifs is 2. The molecule has 1 saturated heterocycles. The number of nitrogens with zero attached hydrogens (tertiary/aromatic N) is 7. The van der Waals surface area contributed by atoms with Crippen LogP contribution in [0.15, 0.2) is 60.5 Å². The highest BCUT2D eigenvalue weighted by atomic mass is 79.9. The summed E-state index contributed by atoms with van der Waals surface area (Å²) in [5.41, 5.74) is 4.78. The molecule has 1 aromatic carbocycles. The topological polar surface area (TPSA) is 114 Å². The van der Waals surface area contributed by atoms with Gasteiger partial charge in [-0.05, 0) is 105 Å². The number of halogens is 1. The highest BCUT2D eigenvalue weighted by molar-refractivity contribution is 9.10. The van der Waals surface area contributed by atoms with Gasteiger partial charge in [-0.25, -0.2) is 15.0 Å². The van der Waals surface area contributed by atoms with Gasteiger partial charge in [0.05, 0.1) is 23.7 Å². The Balaban J connectivity index is 1.30. The number of hydrogen-bond acceptors (Lipinski definition) is 8. The van der Waals surface area contributed by atoms with Crippen LogP contribution in [0.2, 0.25) is 0 Å². The predicted octanol–water partition coefficient (Wildman–Crippen LogP) is 6.96. The largest absolute Gasteiger partial charge is 0.327 e. The smallest absolute Gasteiger partial charge is 0.245 e. The lowest BCUT2D eigenvalue weighted by Gasteiger charge is -2.27. The van der Waals surface area contributed by atoms with Crippen LogP contribution in [0.25, 0.3) is 28.1 Å². The zero-order chi connectivity index (χ0) is 36.4. The number of pyridine rings is 1. The maximum Gasteiger partial charge on any atom is 0.245 e. The number of likely N-dealkylation sites (tertiary alicyclic amines) is 1. The first-order chi connectivity index (χ1) is 24.4. The Labute approximate surface area is 308 Å². The predicted molar refractivity (Wildman–Crippen MR) is 203 cm³/mol. The van der Waals surface area contributed by atoms with Gasteiger partial charge in [-0.2, -0.15) is 5.10 Å². The molecule has 0 bridgehead atoms. The minimum atomic E-state index is -0.571. The van der Waals surface area contributed by atoms with Crippen LogP contribution < -0.4 is 0 Å². The molecule has 0 radical (unpaired) electrons. The number of aryl methyl sites for hydroxylation is 2. The molecule has 2 fully saturated rings. The molecule has 1 aliphatic carbocycles. The second-order valence-electron chi connectivity index (χ2n) is 14.3. The van der Waals surface area contributed by atoms with Crippen molar-refractivity contribution in [1.82, 2.24) is 34.5 Å². The number of unbranched alkanes of at least 4 members (excludes halogenated alkanes) is 3. The van der Waals surface area contributed by atoms with E-state index in [0.29, 0.717) is 33.4 Å². The van der Waals surface area contributed by atoms with E-state index in [1.54, 1.807) is 23.2 Å². The van der Waals surface area contributed by atoms with Crippen LogP contribution in [0.5, 0.6) is 0 Å². The molecule has 10 nitrogen and oxygen atoms in total. The lowest BCUT2D eigenvalue weighted by atomic mass is 9.94. The van der Waals surface area contributed by atoms with Crippen molar-refractivity contribution in [3.63, 3.8) is 0 Å². The summed E-state index contributed by atoms with van der Waals surface area (Å²) in [5.74, 6) is 0.252. The van der Waals surface area contributed by atoms with Crippen molar-refractivity contribution >= 4 is 50.4 Å². The normalized spacial score (nSPS) is 19.4. The van der Waals surface area contributed by atoms with Gasteiger partial charge in [-0.3, -0.25) is 19.1 Å². The van der Waals surface area contributed by atoms with Gasteiger partial charge in [0.1, 0.15) is 22.7 Å². The first kappa shape index (κ1) is 36.4. The number of aromatic nitrogens is 5. The zero-order valence-corrected chi connectivity index (χ0v) is 31.6. The van der Waals surface area contributed by atoms with Crippen molar-refractivity contribution in [3.8, 4) is 11.1 Å². The van der Waals surface area contributed by atoms with Gasteiger partial charge < -0.3 is 9.80 Å². The maximum absolute atomic E-state index is 14.5. The second kappa shape index (κ2) is 15.1. The Morgan fingerprint density at radius 2 is 1.82 bits per heavy atom. The molecule has 0 unspecified atom stereocenters. The Morgan fingerprint density at radius 1 is 1.06 bits per heavy atom. The molecule has 1 aliphatic heterocycles. The number of allylic oxidation sites excluding steroid dienone is 1. The lowest BCUT2D eigenvalue weighted by Crippen LogP contribution is -2.45. The van der Waals surface area contributed by atoms with Gasteiger partial charge in [0, 0.05) is 53.8 Å². The number of rotatable bonds is 16. The van der Waals surface area contributed by atoms with E-state index in [-0.39, 0.29) is 47.6 Å². The van der Waals surface area contributed by atoms with Crippen LogP contribution in [-0.2, 0) is 22.6 Å². The van der Waals surface area contributed by atoms with Crippen molar-refractivity contribution in [2.24, 2.45) is 5.41 Å². The molecule has 3 atom stereocenters. The summed E-state index contributed by atoms with van der Waals surface area (Å²) in [6.45, 7) is 14.8. The van der Waals surface area contributed by atoms with Crippen molar-refractivity contribution in [3.05, 3.63) is 88.8 Å². The first-order valence-corrected chi connectivity index (χ1v) is 18.5. The Bertz CT molecular complexity index is 2010. The summed E-state index contributed by atoms with van der Waals surface area (Å²) in [4.78, 5) is 59.1.